The van der Waals surface area contributed by atoms with E-state index in [1.807, 2.05) is 0 Å². The molecule has 12 nitrogen and oxygen atoms in total. The van der Waals surface area contributed by atoms with Crippen molar-refractivity contribution >= 4 is 29.8 Å². The number of carbonyl (C=O) groups excluding carboxylic acids is 5. The van der Waals surface area contributed by atoms with Gasteiger partial charge in [0.15, 0.2) is 17.8 Å². The first-order valence-corrected chi connectivity index (χ1v) is 12.8. The second-order valence-corrected chi connectivity index (χ2v) is 10.8. The molecule has 12 heteroatoms. The minimum Gasteiger partial charge on any atom is -0.466 e. The smallest absolute Gasteiger partial charge is 0.342 e. The van der Waals surface area contributed by atoms with E-state index in [0.29, 0.717) is 6.42 Å². The van der Waals surface area contributed by atoms with Crippen LogP contribution in [0.1, 0.15) is 60.8 Å². The second-order valence-electron chi connectivity index (χ2n) is 10.8. The third-order valence-electron chi connectivity index (χ3n) is 6.62. The van der Waals surface area contributed by atoms with Crippen molar-refractivity contribution in [3.8, 4) is 0 Å². The van der Waals surface area contributed by atoms with Crippen LogP contribution >= 0.6 is 0 Å². The van der Waals surface area contributed by atoms with Crippen molar-refractivity contribution in [2.24, 2.45) is 5.92 Å². The van der Waals surface area contributed by atoms with E-state index in [4.69, 9.17) is 23.7 Å². The van der Waals surface area contributed by atoms with Crippen molar-refractivity contribution < 1.29 is 57.9 Å². The molecule has 1 saturated heterocycles. The zero-order valence-electron chi connectivity index (χ0n) is 23.8. The van der Waals surface area contributed by atoms with Gasteiger partial charge in [0.05, 0.1) is 30.6 Å². The minimum absolute atomic E-state index is 0.132. The number of rotatable bonds is 8. The fraction of sp³-hybridized carbons (Fsp3) is 0.607. The van der Waals surface area contributed by atoms with Gasteiger partial charge in [-0.25, -0.2) is 14.4 Å². The van der Waals surface area contributed by atoms with Crippen molar-refractivity contribution in [1.82, 2.24) is 0 Å². The zero-order valence-corrected chi connectivity index (χ0v) is 23.8. The molecule has 6 atom stereocenters. The maximum atomic E-state index is 13.4. The lowest BCUT2D eigenvalue weighted by Gasteiger charge is -2.36. The van der Waals surface area contributed by atoms with Gasteiger partial charge in [0.2, 0.25) is 0 Å². The van der Waals surface area contributed by atoms with Crippen molar-refractivity contribution in [3.05, 3.63) is 35.5 Å². The largest absolute Gasteiger partial charge is 0.466 e. The lowest BCUT2D eigenvalue weighted by molar-refractivity contribution is -0.197. The number of hydrogen-bond acceptors (Lipinski definition) is 12. The van der Waals surface area contributed by atoms with Crippen molar-refractivity contribution in [3.63, 3.8) is 0 Å². The summed E-state index contributed by atoms with van der Waals surface area (Å²) in [5.74, 6) is -5.90. The van der Waals surface area contributed by atoms with E-state index in [1.54, 1.807) is 13.0 Å². The molecular weight excluding hydrogens is 528 g/mol. The van der Waals surface area contributed by atoms with Crippen LogP contribution in [-0.2, 0) is 47.7 Å². The van der Waals surface area contributed by atoms with Gasteiger partial charge in [-0.3, -0.25) is 9.59 Å². The third-order valence-corrected chi connectivity index (χ3v) is 6.62. The first-order valence-electron chi connectivity index (χ1n) is 12.8. The van der Waals surface area contributed by atoms with Crippen LogP contribution in [0.5, 0.6) is 0 Å². The molecule has 222 valence electrons. The van der Waals surface area contributed by atoms with Crippen LogP contribution in [0.3, 0.4) is 0 Å². The van der Waals surface area contributed by atoms with Crippen LogP contribution < -0.4 is 0 Å². The Morgan fingerprint density at radius 3 is 2.35 bits per heavy atom. The van der Waals surface area contributed by atoms with Crippen LogP contribution in [0, 0.1) is 5.92 Å². The van der Waals surface area contributed by atoms with Crippen LogP contribution in [0.15, 0.2) is 35.5 Å². The second kappa shape index (κ2) is 12.8. The standard InChI is InChI=1S/C28H38O12/c1-14-10-9-11-18(25(32)36-8)22(39-20(30)13-27(5,6)34)23(21-15(2)24(31)38-19(21)12-14)40-26(33)28(7,35)16(3)37-17(4)29/h11-12,16,19,21-23,34-35H,2,9-10,13H2,1,3-8H3/b14-12+,18-11+/t16-,19+,21-,22-,23-,28-/m0/s1. The fourth-order valence-electron chi connectivity index (χ4n) is 4.32. The zero-order chi connectivity index (χ0) is 30.6. The Morgan fingerprint density at radius 1 is 1.18 bits per heavy atom. The van der Waals surface area contributed by atoms with Gasteiger partial charge in [-0.1, -0.05) is 18.2 Å². The van der Waals surface area contributed by atoms with Gasteiger partial charge < -0.3 is 33.9 Å². The maximum absolute atomic E-state index is 13.4. The van der Waals surface area contributed by atoms with E-state index in [2.05, 4.69) is 6.58 Å². The summed E-state index contributed by atoms with van der Waals surface area (Å²) < 4.78 is 26.8. The summed E-state index contributed by atoms with van der Waals surface area (Å²) >= 11 is 0. The molecule has 1 heterocycles. The molecule has 1 aliphatic heterocycles. The lowest BCUT2D eigenvalue weighted by atomic mass is 9.83. The van der Waals surface area contributed by atoms with Gasteiger partial charge in [0.25, 0.3) is 0 Å². The number of ether oxygens (including phenoxy) is 5. The molecule has 1 aliphatic carbocycles. The van der Waals surface area contributed by atoms with Crippen LogP contribution in [0.4, 0.5) is 0 Å². The van der Waals surface area contributed by atoms with Crippen LogP contribution in [-0.4, -0.2) is 82.8 Å². The van der Waals surface area contributed by atoms with Crippen LogP contribution in [0.2, 0.25) is 0 Å². The molecule has 1 fully saturated rings. The molecule has 2 aliphatic rings. The Labute approximate surface area is 232 Å². The average molecular weight is 567 g/mol. The highest BCUT2D eigenvalue weighted by Crippen LogP contribution is 2.38. The SMILES string of the molecule is C=C1C(=O)O[C@@H]2/C=C(\C)CC/C=C(/C(=O)OC)[C@H](OC(=O)CC(C)(C)O)[C@@H](OC(=O)[C@@](C)(O)[C@H](C)OC(C)=O)[C@@H]12. The third kappa shape index (κ3) is 8.01. The number of methoxy groups -OCH3 is 1. The number of aliphatic hydroxyl groups is 2. The average Bonchev–Trinajstić information content (AvgIpc) is 3.09. The summed E-state index contributed by atoms with van der Waals surface area (Å²) in [6.07, 6.45) is -2.38. The number of esters is 5. The highest BCUT2D eigenvalue weighted by molar-refractivity contribution is 5.93. The molecule has 0 aromatic carbocycles. The van der Waals surface area contributed by atoms with E-state index in [1.165, 1.54) is 26.8 Å². The fourth-order valence-corrected chi connectivity index (χ4v) is 4.32. The number of allylic oxidation sites excluding steroid dienone is 2. The summed E-state index contributed by atoms with van der Waals surface area (Å²) in [6.45, 7) is 11.7. The Balaban J connectivity index is 2.73. The Hall–Kier alpha value is -3.51. The molecule has 2 rings (SSSR count). The first-order chi connectivity index (χ1) is 18.4. The predicted molar refractivity (Wildman–Crippen MR) is 138 cm³/mol. The van der Waals surface area contributed by atoms with Gasteiger partial charge >= 0.3 is 29.8 Å². The molecular formula is C28H38O12. The summed E-state index contributed by atoms with van der Waals surface area (Å²) in [5, 5.41) is 21.1. The number of carbonyl (C=O) groups is 5. The van der Waals surface area contributed by atoms with E-state index in [0.717, 1.165) is 26.5 Å². The summed E-state index contributed by atoms with van der Waals surface area (Å²) in [4.78, 5) is 63.4. The molecule has 40 heavy (non-hydrogen) atoms. The molecule has 0 spiro atoms. The maximum Gasteiger partial charge on any atom is 0.342 e. The van der Waals surface area contributed by atoms with Gasteiger partial charge in [0.1, 0.15) is 12.2 Å². The monoisotopic (exact) mass is 566 g/mol. The van der Waals surface area contributed by atoms with Gasteiger partial charge in [-0.2, -0.15) is 0 Å². The van der Waals surface area contributed by atoms with Crippen molar-refractivity contribution in [2.45, 2.75) is 96.4 Å². The predicted octanol–water partition coefficient (Wildman–Crippen LogP) is 1.61. The molecule has 0 amide bonds. The Morgan fingerprint density at radius 2 is 1.80 bits per heavy atom. The topological polar surface area (TPSA) is 172 Å². The van der Waals surface area contributed by atoms with Crippen molar-refractivity contribution in [1.29, 1.82) is 0 Å². The minimum atomic E-state index is -2.40. The molecule has 0 radical (unpaired) electrons. The normalized spacial score (nSPS) is 28.2. The lowest BCUT2D eigenvalue weighted by Crippen LogP contribution is -2.53. The van der Waals surface area contributed by atoms with E-state index in [-0.39, 0.29) is 17.6 Å². The van der Waals surface area contributed by atoms with Crippen molar-refractivity contribution in [2.75, 3.05) is 7.11 Å². The van der Waals surface area contributed by atoms with Gasteiger partial charge in [0, 0.05) is 12.5 Å². The highest BCUT2D eigenvalue weighted by Gasteiger charge is 2.53. The summed E-state index contributed by atoms with van der Waals surface area (Å²) in [5.41, 5.74) is -3.43. The first kappa shape index (κ1) is 32.7. The Bertz CT molecular complexity index is 1110. The molecule has 0 aromatic rings. The molecule has 0 aromatic heterocycles. The molecule has 2 N–H and O–H groups in total. The summed E-state index contributed by atoms with van der Waals surface area (Å²) in [7, 11) is 1.11. The number of hydrogen-bond donors (Lipinski definition) is 2. The molecule has 0 saturated carbocycles. The molecule has 0 bridgehead atoms. The number of fused-ring (bicyclic) bond motifs is 1. The Kier molecular flexibility index (Phi) is 10.4. The van der Waals surface area contributed by atoms with E-state index < -0.39 is 77.8 Å². The van der Waals surface area contributed by atoms with Crippen LogP contribution in [0.25, 0.3) is 0 Å². The molecule has 0 unspecified atom stereocenters. The van der Waals surface area contributed by atoms with E-state index >= 15 is 0 Å². The van der Waals surface area contributed by atoms with Gasteiger partial charge in [-0.05, 0) is 53.5 Å². The highest BCUT2D eigenvalue weighted by atomic mass is 16.6. The van der Waals surface area contributed by atoms with E-state index in [9.17, 15) is 34.2 Å². The van der Waals surface area contributed by atoms with Gasteiger partial charge in [-0.15, -0.1) is 0 Å². The summed E-state index contributed by atoms with van der Waals surface area (Å²) in [6, 6.07) is 0. The quantitative estimate of drug-likeness (QED) is 0.188.